The number of fused-ring (bicyclic) bond motifs is 5. The van der Waals surface area contributed by atoms with E-state index in [1.807, 2.05) is 12.3 Å². The summed E-state index contributed by atoms with van der Waals surface area (Å²) >= 11 is 0. The number of aromatic nitrogens is 4. The number of primary amides is 1. The van der Waals surface area contributed by atoms with Crippen LogP contribution in [0.2, 0.25) is 0 Å². The molecule has 0 radical (unpaired) electrons. The number of aromatic amines is 1. The van der Waals surface area contributed by atoms with Crippen LogP contribution in [0, 0.1) is 11.3 Å². The fraction of sp³-hybridized carbons (Fsp3) is 0.593. The van der Waals surface area contributed by atoms with Gasteiger partial charge in [0.15, 0.2) is 0 Å². The molecule has 6 rings (SSSR count). The smallest absolute Gasteiger partial charge is 0.228 e. The fourth-order valence-electron chi connectivity index (χ4n) is 7.32. The molecule has 9 nitrogen and oxygen atoms in total. The Bertz CT molecular complexity index is 1320. The number of nitrogens with one attached hydrogen (secondary N) is 2. The molecule has 0 aliphatic heterocycles. The SMILES string of the molecule is C=NCCC1CCC(n2c(CC(=O)NC34CCC(C(N)=O)(CC3)C4)nc3cnc4[nH]ccc4c32)CC1. The van der Waals surface area contributed by atoms with Crippen molar-refractivity contribution < 1.29 is 9.59 Å². The molecule has 4 N–H and O–H groups in total. The molecule has 3 aromatic heterocycles. The van der Waals surface area contributed by atoms with Gasteiger partial charge in [-0.1, -0.05) is 0 Å². The van der Waals surface area contributed by atoms with Crippen molar-refractivity contribution in [2.24, 2.45) is 22.1 Å². The van der Waals surface area contributed by atoms with Crippen LogP contribution in [0.4, 0.5) is 0 Å². The lowest BCUT2D eigenvalue weighted by atomic mass is 9.83. The Kier molecular flexibility index (Phi) is 5.61. The Balaban J connectivity index is 1.28. The third-order valence-corrected chi connectivity index (χ3v) is 9.27. The zero-order valence-electron chi connectivity index (χ0n) is 20.8. The van der Waals surface area contributed by atoms with Gasteiger partial charge in [-0.25, -0.2) is 9.97 Å². The number of imidazole rings is 1. The van der Waals surface area contributed by atoms with Crippen LogP contribution in [-0.2, 0) is 16.0 Å². The molecule has 0 atom stereocenters. The molecule has 0 unspecified atom stereocenters. The number of carbonyl (C=O) groups is 2. The highest BCUT2D eigenvalue weighted by Gasteiger charge is 2.57. The highest BCUT2D eigenvalue weighted by Crippen LogP contribution is 2.56. The van der Waals surface area contributed by atoms with Gasteiger partial charge in [-0.3, -0.25) is 9.59 Å². The van der Waals surface area contributed by atoms with Crippen LogP contribution in [0.3, 0.4) is 0 Å². The molecule has 0 aromatic carbocycles. The van der Waals surface area contributed by atoms with Gasteiger partial charge in [0, 0.05) is 29.7 Å². The van der Waals surface area contributed by atoms with Gasteiger partial charge in [0.1, 0.15) is 17.0 Å². The second kappa shape index (κ2) is 8.71. The van der Waals surface area contributed by atoms with E-state index in [4.69, 9.17) is 10.7 Å². The Labute approximate surface area is 210 Å². The van der Waals surface area contributed by atoms with Crippen molar-refractivity contribution in [3.63, 3.8) is 0 Å². The summed E-state index contributed by atoms with van der Waals surface area (Å²) in [6.45, 7) is 4.45. The van der Waals surface area contributed by atoms with Crippen molar-refractivity contribution in [1.82, 2.24) is 24.8 Å². The quantitative estimate of drug-likeness (QED) is 0.417. The molecular formula is C27H35N7O2. The molecule has 190 valence electrons. The molecule has 0 spiro atoms. The van der Waals surface area contributed by atoms with Crippen LogP contribution in [0.15, 0.2) is 23.5 Å². The average molecular weight is 490 g/mol. The first-order chi connectivity index (χ1) is 17.4. The van der Waals surface area contributed by atoms with Crippen molar-refractivity contribution in [2.75, 3.05) is 6.54 Å². The van der Waals surface area contributed by atoms with Gasteiger partial charge < -0.3 is 25.6 Å². The van der Waals surface area contributed by atoms with E-state index in [9.17, 15) is 9.59 Å². The highest BCUT2D eigenvalue weighted by atomic mass is 16.2. The molecular weight excluding hydrogens is 454 g/mol. The van der Waals surface area contributed by atoms with Crippen LogP contribution in [-0.4, -0.2) is 50.1 Å². The normalized spacial score (nSPS) is 29.7. The van der Waals surface area contributed by atoms with E-state index < -0.39 is 5.41 Å². The lowest BCUT2D eigenvalue weighted by Gasteiger charge is -2.31. The maximum atomic E-state index is 13.4. The molecule has 0 saturated heterocycles. The van der Waals surface area contributed by atoms with Crippen LogP contribution in [0.1, 0.15) is 76.1 Å². The summed E-state index contributed by atoms with van der Waals surface area (Å²) in [6, 6.07) is 2.35. The monoisotopic (exact) mass is 489 g/mol. The molecule has 3 aliphatic carbocycles. The van der Waals surface area contributed by atoms with Crippen LogP contribution < -0.4 is 11.1 Å². The number of nitrogens with zero attached hydrogens (tertiary/aromatic N) is 4. The van der Waals surface area contributed by atoms with Gasteiger partial charge in [-0.05, 0) is 82.9 Å². The van der Waals surface area contributed by atoms with Gasteiger partial charge in [0.05, 0.1) is 23.5 Å². The summed E-state index contributed by atoms with van der Waals surface area (Å²) in [7, 11) is 0. The number of hydrogen-bond donors (Lipinski definition) is 3. The van der Waals surface area contributed by atoms with Crippen molar-refractivity contribution >= 4 is 40.6 Å². The predicted molar refractivity (Wildman–Crippen MR) is 139 cm³/mol. The number of rotatable bonds is 8. The Morgan fingerprint density at radius 1 is 1.22 bits per heavy atom. The van der Waals surface area contributed by atoms with E-state index in [0.717, 1.165) is 92.2 Å². The van der Waals surface area contributed by atoms with Gasteiger partial charge in [0.25, 0.3) is 0 Å². The summed E-state index contributed by atoms with van der Waals surface area (Å²) in [5.74, 6) is 1.22. The second-order valence-electron chi connectivity index (χ2n) is 11.4. The molecule has 3 aromatic rings. The van der Waals surface area contributed by atoms with E-state index in [0.29, 0.717) is 18.4 Å². The largest absolute Gasteiger partial charge is 0.369 e. The lowest BCUT2D eigenvalue weighted by Crippen LogP contribution is -2.46. The maximum absolute atomic E-state index is 13.4. The highest BCUT2D eigenvalue weighted by molar-refractivity contribution is 6.01. The van der Waals surface area contributed by atoms with Gasteiger partial charge in [-0.15, -0.1) is 0 Å². The summed E-state index contributed by atoms with van der Waals surface area (Å²) in [5.41, 5.74) is 7.70. The third-order valence-electron chi connectivity index (χ3n) is 9.27. The summed E-state index contributed by atoms with van der Waals surface area (Å²) in [6.07, 6.45) is 13.2. The van der Waals surface area contributed by atoms with Crippen LogP contribution >= 0.6 is 0 Å². The fourth-order valence-corrected chi connectivity index (χ4v) is 7.32. The summed E-state index contributed by atoms with van der Waals surface area (Å²) in [5, 5.41) is 4.35. The molecule has 2 amide bonds. The maximum Gasteiger partial charge on any atom is 0.228 e. The minimum absolute atomic E-state index is 0.0299. The number of amides is 2. The number of aliphatic imine (C=N–C) groups is 1. The number of H-pyrrole nitrogens is 1. The Hall–Kier alpha value is -3.23. The Morgan fingerprint density at radius 3 is 2.69 bits per heavy atom. The third kappa shape index (κ3) is 3.79. The van der Waals surface area contributed by atoms with E-state index in [1.165, 1.54) is 0 Å². The predicted octanol–water partition coefficient (Wildman–Crippen LogP) is 3.58. The minimum atomic E-state index is -0.439. The van der Waals surface area contributed by atoms with Crippen molar-refractivity contribution in [3.05, 3.63) is 24.3 Å². The first kappa shape index (κ1) is 23.2. The van der Waals surface area contributed by atoms with Gasteiger partial charge in [0.2, 0.25) is 11.8 Å². The minimum Gasteiger partial charge on any atom is -0.369 e. The molecule has 3 heterocycles. The molecule has 3 aliphatic rings. The zero-order valence-corrected chi connectivity index (χ0v) is 20.8. The van der Waals surface area contributed by atoms with E-state index >= 15 is 0 Å². The number of carbonyl (C=O) groups excluding carboxylic acids is 2. The van der Waals surface area contributed by atoms with Crippen molar-refractivity contribution in [1.29, 1.82) is 0 Å². The number of nitrogens with two attached hydrogens (primary N) is 1. The molecule has 3 fully saturated rings. The number of hydrogen-bond acceptors (Lipinski definition) is 5. The zero-order chi connectivity index (χ0) is 24.9. The molecule has 36 heavy (non-hydrogen) atoms. The summed E-state index contributed by atoms with van der Waals surface area (Å²) < 4.78 is 2.32. The molecule has 3 saturated carbocycles. The van der Waals surface area contributed by atoms with Gasteiger partial charge in [-0.2, -0.15) is 0 Å². The van der Waals surface area contributed by atoms with E-state index in [-0.39, 0.29) is 23.8 Å². The topological polar surface area (TPSA) is 131 Å². The number of pyridine rings is 1. The lowest BCUT2D eigenvalue weighted by molar-refractivity contribution is -0.127. The van der Waals surface area contributed by atoms with Crippen LogP contribution in [0.5, 0.6) is 0 Å². The standard InChI is InChI=1S/C27H35N7O2/c1-29-12-6-17-2-4-18(5-3-17)34-21(32-20-15-31-24-19(23(20)34)7-13-30-24)14-22(35)33-27-10-8-26(16-27,9-11-27)25(28)36/h7,13,15,17-18H,1-6,8-12,14,16H2,(H2,28,36)(H,30,31)(H,33,35). The van der Waals surface area contributed by atoms with Crippen molar-refractivity contribution in [3.8, 4) is 0 Å². The van der Waals surface area contributed by atoms with Gasteiger partial charge >= 0.3 is 0 Å². The Morgan fingerprint density at radius 2 is 2.00 bits per heavy atom. The first-order valence-electron chi connectivity index (χ1n) is 13.3. The van der Waals surface area contributed by atoms with E-state index in [1.54, 1.807) is 6.20 Å². The average Bonchev–Trinajstić information content (AvgIpc) is 3.64. The summed E-state index contributed by atoms with van der Waals surface area (Å²) in [4.78, 5) is 42.2. The first-order valence-corrected chi connectivity index (χ1v) is 13.3. The molecule has 2 bridgehead atoms. The second-order valence-corrected chi connectivity index (χ2v) is 11.4. The van der Waals surface area contributed by atoms with E-state index in [2.05, 4.69) is 31.6 Å². The van der Waals surface area contributed by atoms with Crippen LogP contribution in [0.25, 0.3) is 22.1 Å². The molecule has 9 heteroatoms. The van der Waals surface area contributed by atoms with Crippen molar-refractivity contribution in [2.45, 2.75) is 82.2 Å².